The van der Waals surface area contributed by atoms with Gasteiger partial charge in [-0.15, -0.1) is 0 Å². The number of nitrogens with zero attached hydrogens (tertiary/aromatic N) is 1. The van der Waals surface area contributed by atoms with Crippen molar-refractivity contribution >= 4 is 34.4 Å². The Balaban J connectivity index is 1.50. The molecule has 0 aromatic heterocycles. The number of rotatable bonds is 7. The monoisotopic (exact) mass is 516 g/mol. The lowest BCUT2D eigenvalue weighted by molar-refractivity contribution is -0.138. The zero-order valence-electron chi connectivity index (χ0n) is 22.1. The number of fused-ring (bicyclic) bond motifs is 1. The summed E-state index contributed by atoms with van der Waals surface area (Å²) in [6.45, 7) is 5.52. The molecule has 38 heavy (non-hydrogen) atoms. The van der Waals surface area contributed by atoms with Gasteiger partial charge in [-0.05, 0) is 68.5 Å². The maximum atomic E-state index is 13.8. The van der Waals surface area contributed by atoms with E-state index in [9.17, 15) is 14.4 Å². The lowest BCUT2D eigenvalue weighted by Gasteiger charge is -2.29. The molecule has 1 aliphatic heterocycles. The molecule has 4 rings (SSSR count). The van der Waals surface area contributed by atoms with Gasteiger partial charge in [0.2, 0.25) is 11.8 Å². The summed E-state index contributed by atoms with van der Waals surface area (Å²) in [6, 6.07) is 21.3. The number of anilines is 1. The van der Waals surface area contributed by atoms with Crippen molar-refractivity contribution in [2.24, 2.45) is 5.73 Å². The van der Waals surface area contributed by atoms with Gasteiger partial charge in [0.15, 0.2) is 0 Å². The summed E-state index contributed by atoms with van der Waals surface area (Å²) in [6.07, 6.45) is 0.584. The summed E-state index contributed by atoms with van der Waals surface area (Å²) in [4.78, 5) is 41.2. The number of likely N-dealkylation sites (tertiary alicyclic amines) is 1. The van der Waals surface area contributed by atoms with Crippen LogP contribution < -0.4 is 16.4 Å². The number of carbonyl (C=O) groups excluding carboxylic acids is 3. The number of ether oxygens (including phenoxy) is 1. The topological polar surface area (TPSA) is 114 Å². The van der Waals surface area contributed by atoms with E-state index in [4.69, 9.17) is 10.5 Å². The van der Waals surface area contributed by atoms with Gasteiger partial charge >= 0.3 is 6.09 Å². The number of hydrogen-bond acceptors (Lipinski definition) is 5. The highest BCUT2D eigenvalue weighted by atomic mass is 16.6. The van der Waals surface area contributed by atoms with Crippen LogP contribution in [0.25, 0.3) is 10.8 Å². The van der Waals surface area contributed by atoms with Crippen LogP contribution in [-0.4, -0.2) is 53.1 Å². The van der Waals surface area contributed by atoms with Gasteiger partial charge in [0.05, 0.1) is 0 Å². The maximum Gasteiger partial charge on any atom is 0.408 e. The van der Waals surface area contributed by atoms with Crippen LogP contribution in [0.5, 0.6) is 0 Å². The maximum absolute atomic E-state index is 13.8. The fraction of sp³-hybridized carbons (Fsp3) is 0.367. The van der Waals surface area contributed by atoms with Crippen LogP contribution in [0.3, 0.4) is 0 Å². The molecule has 0 radical (unpaired) electrons. The molecule has 0 spiro atoms. The summed E-state index contributed by atoms with van der Waals surface area (Å²) >= 11 is 0. The second-order valence-corrected chi connectivity index (χ2v) is 10.8. The molecule has 3 aromatic carbocycles. The number of amides is 3. The summed E-state index contributed by atoms with van der Waals surface area (Å²) in [7, 11) is 0. The van der Waals surface area contributed by atoms with E-state index in [2.05, 4.69) is 10.6 Å². The minimum atomic E-state index is -0.869. The zero-order valence-corrected chi connectivity index (χ0v) is 22.1. The highest BCUT2D eigenvalue weighted by Gasteiger charge is 2.41. The van der Waals surface area contributed by atoms with E-state index in [1.54, 1.807) is 20.8 Å². The number of aryl methyl sites for hydroxylation is 1. The molecule has 200 valence electrons. The van der Waals surface area contributed by atoms with Gasteiger partial charge in [-0.1, -0.05) is 60.7 Å². The number of hydrogen-bond donors (Lipinski definition) is 3. The summed E-state index contributed by atoms with van der Waals surface area (Å²) < 4.78 is 5.42. The first-order chi connectivity index (χ1) is 18.1. The van der Waals surface area contributed by atoms with E-state index in [0.29, 0.717) is 24.9 Å². The predicted octanol–water partition coefficient (Wildman–Crippen LogP) is 4.23. The Kier molecular flexibility index (Phi) is 8.32. The van der Waals surface area contributed by atoms with E-state index in [1.807, 2.05) is 72.8 Å². The van der Waals surface area contributed by atoms with E-state index in [0.717, 1.165) is 16.3 Å². The average Bonchev–Trinajstić information content (AvgIpc) is 3.27. The quantitative estimate of drug-likeness (QED) is 0.435. The Bertz CT molecular complexity index is 1290. The molecule has 1 heterocycles. The minimum Gasteiger partial charge on any atom is -0.444 e. The Morgan fingerprint density at radius 3 is 2.39 bits per heavy atom. The predicted molar refractivity (Wildman–Crippen MR) is 149 cm³/mol. The largest absolute Gasteiger partial charge is 0.444 e. The highest BCUT2D eigenvalue weighted by molar-refractivity contribution is 6.00. The molecule has 1 saturated heterocycles. The molecule has 1 aliphatic rings. The van der Waals surface area contributed by atoms with Crippen molar-refractivity contribution in [3.63, 3.8) is 0 Å². The molecule has 0 bridgehead atoms. The molecule has 0 unspecified atom stereocenters. The van der Waals surface area contributed by atoms with Crippen molar-refractivity contribution in [3.8, 4) is 0 Å². The Hall–Kier alpha value is -3.91. The van der Waals surface area contributed by atoms with E-state index in [1.165, 1.54) is 4.90 Å². The minimum absolute atomic E-state index is 0.229. The number of alkyl carbamates (subject to hydrolysis) is 1. The number of benzene rings is 3. The van der Waals surface area contributed by atoms with Crippen molar-refractivity contribution in [3.05, 3.63) is 78.4 Å². The third-order valence-corrected chi connectivity index (χ3v) is 6.49. The van der Waals surface area contributed by atoms with Crippen molar-refractivity contribution in [1.29, 1.82) is 0 Å². The van der Waals surface area contributed by atoms with Crippen LogP contribution in [0.1, 0.15) is 39.2 Å². The SMILES string of the molecule is CC(C)(C)OC(=O)N[C@@H](CCc1ccccc1)C(=O)N1C[C@H](N)C[C@H]1C(=O)Nc1ccc2ccccc2c1. The number of nitrogens with one attached hydrogen (secondary N) is 2. The van der Waals surface area contributed by atoms with Gasteiger partial charge in [-0.25, -0.2) is 4.79 Å². The first-order valence-corrected chi connectivity index (χ1v) is 13.0. The van der Waals surface area contributed by atoms with Gasteiger partial charge in [-0.3, -0.25) is 9.59 Å². The van der Waals surface area contributed by atoms with Crippen molar-refractivity contribution < 1.29 is 19.1 Å². The molecule has 0 saturated carbocycles. The number of carbonyl (C=O) groups is 3. The van der Waals surface area contributed by atoms with Crippen LogP contribution >= 0.6 is 0 Å². The van der Waals surface area contributed by atoms with Crippen molar-refractivity contribution in [2.45, 2.75) is 63.8 Å². The Morgan fingerprint density at radius 2 is 1.68 bits per heavy atom. The third-order valence-electron chi connectivity index (χ3n) is 6.49. The second-order valence-electron chi connectivity index (χ2n) is 10.8. The van der Waals surface area contributed by atoms with E-state index >= 15 is 0 Å². The normalized spacial score (nSPS) is 18.2. The van der Waals surface area contributed by atoms with Crippen LogP contribution in [0.15, 0.2) is 72.8 Å². The summed E-state index contributed by atoms with van der Waals surface area (Å²) in [5.41, 5.74) is 7.20. The molecule has 8 heteroatoms. The van der Waals surface area contributed by atoms with E-state index in [-0.39, 0.29) is 24.4 Å². The van der Waals surface area contributed by atoms with Gasteiger partial charge in [0.1, 0.15) is 17.7 Å². The molecular weight excluding hydrogens is 480 g/mol. The van der Waals surface area contributed by atoms with Gasteiger partial charge < -0.3 is 26.0 Å². The molecule has 3 aromatic rings. The Labute approximate surface area is 223 Å². The van der Waals surface area contributed by atoms with Crippen LogP contribution in [0.2, 0.25) is 0 Å². The first-order valence-electron chi connectivity index (χ1n) is 13.0. The molecule has 1 fully saturated rings. The fourth-order valence-corrected chi connectivity index (χ4v) is 4.72. The smallest absolute Gasteiger partial charge is 0.408 e. The summed E-state index contributed by atoms with van der Waals surface area (Å²) in [5.74, 6) is -0.654. The van der Waals surface area contributed by atoms with E-state index < -0.39 is 23.8 Å². The average molecular weight is 517 g/mol. The second kappa shape index (κ2) is 11.6. The molecule has 3 atom stereocenters. The van der Waals surface area contributed by atoms with Crippen LogP contribution in [-0.2, 0) is 20.7 Å². The number of nitrogens with two attached hydrogens (primary N) is 1. The third kappa shape index (κ3) is 7.10. The van der Waals surface area contributed by atoms with Gasteiger partial charge in [0, 0.05) is 18.3 Å². The van der Waals surface area contributed by atoms with Gasteiger partial charge in [-0.2, -0.15) is 0 Å². The van der Waals surface area contributed by atoms with Gasteiger partial charge in [0.25, 0.3) is 0 Å². The molecule has 4 N–H and O–H groups in total. The molecule has 0 aliphatic carbocycles. The Morgan fingerprint density at radius 1 is 1.00 bits per heavy atom. The molecular formula is C30H36N4O4. The highest BCUT2D eigenvalue weighted by Crippen LogP contribution is 2.23. The fourth-order valence-electron chi connectivity index (χ4n) is 4.72. The standard InChI is InChI=1S/C30H36N4O4/c1-30(2,3)38-29(37)33-25(16-13-20-9-5-4-6-10-20)28(36)34-19-23(31)18-26(34)27(35)32-24-15-14-21-11-7-8-12-22(21)17-24/h4-12,14-15,17,23,25-26H,13,16,18-19,31H2,1-3H3,(H,32,35)(H,33,37)/t23-,25+,26+/m1/s1. The molecule has 8 nitrogen and oxygen atoms in total. The van der Waals surface area contributed by atoms with Crippen LogP contribution in [0, 0.1) is 0 Å². The van der Waals surface area contributed by atoms with Crippen molar-refractivity contribution in [1.82, 2.24) is 10.2 Å². The van der Waals surface area contributed by atoms with Crippen LogP contribution in [0.4, 0.5) is 10.5 Å². The lowest BCUT2D eigenvalue weighted by Crippen LogP contribution is -2.53. The lowest BCUT2D eigenvalue weighted by atomic mass is 10.0. The molecule has 3 amide bonds. The summed E-state index contributed by atoms with van der Waals surface area (Å²) in [5, 5.41) is 7.76. The zero-order chi connectivity index (χ0) is 27.3. The van der Waals surface area contributed by atoms with Crippen molar-refractivity contribution in [2.75, 3.05) is 11.9 Å². The first kappa shape index (κ1) is 27.1.